The van der Waals surface area contributed by atoms with Gasteiger partial charge in [-0.05, 0) is 49.9 Å². The third-order valence-corrected chi connectivity index (χ3v) is 5.14. The number of ether oxygens (including phenoxy) is 1. The predicted octanol–water partition coefficient (Wildman–Crippen LogP) is 3.40. The van der Waals surface area contributed by atoms with Gasteiger partial charge in [0.25, 0.3) is 11.8 Å². The van der Waals surface area contributed by atoms with Crippen LogP contribution in [0, 0.1) is 5.92 Å². The van der Waals surface area contributed by atoms with Crippen LogP contribution in [0.2, 0.25) is 0 Å². The fraction of sp³-hybridized carbons (Fsp3) is 0.421. The summed E-state index contributed by atoms with van der Waals surface area (Å²) in [6, 6.07) is 6.59. The lowest BCUT2D eigenvalue weighted by molar-refractivity contribution is -0.143. The number of esters is 1. The maximum Gasteiger partial charge on any atom is 0.307 e. The first-order valence-electron chi connectivity index (χ1n) is 8.96. The third kappa shape index (κ3) is 5.43. The normalized spacial score (nSPS) is 13.2. The Morgan fingerprint density at radius 3 is 2.78 bits per heavy atom. The van der Waals surface area contributed by atoms with Gasteiger partial charge < -0.3 is 19.4 Å². The molecule has 0 aliphatic heterocycles. The number of nitrogens with one attached hydrogen (secondary N) is 1. The second-order valence-electron chi connectivity index (χ2n) is 6.34. The number of furan rings is 1. The highest BCUT2D eigenvalue weighted by Gasteiger charge is 2.28. The van der Waals surface area contributed by atoms with E-state index in [-0.39, 0.29) is 30.0 Å². The van der Waals surface area contributed by atoms with E-state index in [1.165, 1.54) is 17.6 Å². The average molecular weight is 390 g/mol. The average Bonchev–Trinajstić information content (AvgIpc) is 3.12. The second-order valence-corrected chi connectivity index (χ2v) is 7.43. The van der Waals surface area contributed by atoms with Crippen molar-refractivity contribution in [3.05, 3.63) is 41.2 Å². The predicted molar refractivity (Wildman–Crippen MR) is 101 cm³/mol. The number of rotatable bonds is 9. The van der Waals surface area contributed by atoms with Crippen molar-refractivity contribution >= 4 is 34.1 Å². The molecule has 1 fully saturated rings. The van der Waals surface area contributed by atoms with Gasteiger partial charge in [-0.3, -0.25) is 14.4 Å². The van der Waals surface area contributed by atoms with Gasteiger partial charge in [0.05, 0.1) is 29.2 Å². The largest absolute Gasteiger partial charge is 0.466 e. The van der Waals surface area contributed by atoms with E-state index in [4.69, 9.17) is 9.15 Å². The Kier molecular flexibility index (Phi) is 6.28. The van der Waals surface area contributed by atoms with E-state index in [1.54, 1.807) is 36.1 Å². The smallest absolute Gasteiger partial charge is 0.307 e. The molecule has 7 nitrogen and oxygen atoms in total. The third-order valence-electron chi connectivity index (χ3n) is 4.15. The molecule has 144 valence electrons. The van der Waals surface area contributed by atoms with Gasteiger partial charge in [0, 0.05) is 13.1 Å². The SMILES string of the molecule is CCOC(=O)CCN(CC1CC1)C(=O)c1ccc(NC(=O)c2ccco2)s1. The molecular weight excluding hydrogens is 368 g/mol. The van der Waals surface area contributed by atoms with E-state index in [2.05, 4.69) is 5.32 Å². The highest BCUT2D eigenvalue weighted by atomic mass is 32.1. The number of nitrogens with zero attached hydrogens (tertiary/aromatic N) is 1. The van der Waals surface area contributed by atoms with Crippen molar-refractivity contribution in [1.29, 1.82) is 0 Å². The fourth-order valence-corrected chi connectivity index (χ4v) is 3.47. The number of amides is 2. The van der Waals surface area contributed by atoms with Gasteiger partial charge in [-0.1, -0.05) is 0 Å². The van der Waals surface area contributed by atoms with E-state index in [1.807, 2.05) is 0 Å². The summed E-state index contributed by atoms with van der Waals surface area (Å²) in [5, 5.41) is 3.29. The minimum Gasteiger partial charge on any atom is -0.466 e. The van der Waals surface area contributed by atoms with E-state index >= 15 is 0 Å². The number of hydrogen-bond donors (Lipinski definition) is 1. The molecule has 0 aromatic carbocycles. The van der Waals surface area contributed by atoms with Gasteiger partial charge in [0.15, 0.2) is 5.76 Å². The number of thiophene rings is 1. The van der Waals surface area contributed by atoms with Crippen molar-refractivity contribution in [2.45, 2.75) is 26.2 Å². The maximum absolute atomic E-state index is 12.9. The second kappa shape index (κ2) is 8.85. The van der Waals surface area contributed by atoms with Crippen molar-refractivity contribution in [3.8, 4) is 0 Å². The van der Waals surface area contributed by atoms with Gasteiger partial charge in [0.1, 0.15) is 0 Å². The molecule has 1 N–H and O–H groups in total. The van der Waals surface area contributed by atoms with E-state index in [0.29, 0.717) is 35.5 Å². The molecule has 27 heavy (non-hydrogen) atoms. The van der Waals surface area contributed by atoms with Crippen LogP contribution in [0.25, 0.3) is 0 Å². The zero-order chi connectivity index (χ0) is 19.2. The van der Waals surface area contributed by atoms with Gasteiger partial charge in [-0.2, -0.15) is 0 Å². The number of carbonyl (C=O) groups is 3. The van der Waals surface area contributed by atoms with E-state index in [0.717, 1.165) is 12.8 Å². The van der Waals surface area contributed by atoms with Gasteiger partial charge in [-0.25, -0.2) is 0 Å². The van der Waals surface area contributed by atoms with Crippen molar-refractivity contribution < 1.29 is 23.5 Å². The van der Waals surface area contributed by atoms with E-state index in [9.17, 15) is 14.4 Å². The molecule has 2 heterocycles. The first-order chi connectivity index (χ1) is 13.1. The summed E-state index contributed by atoms with van der Waals surface area (Å²) >= 11 is 1.21. The molecule has 2 aromatic heterocycles. The van der Waals surface area contributed by atoms with Crippen LogP contribution >= 0.6 is 11.3 Å². The summed E-state index contributed by atoms with van der Waals surface area (Å²) in [5.74, 6) is -0.0772. The Balaban J connectivity index is 1.62. The molecule has 8 heteroatoms. The lowest BCUT2D eigenvalue weighted by Crippen LogP contribution is -2.34. The fourth-order valence-electron chi connectivity index (χ4n) is 2.60. The maximum atomic E-state index is 12.9. The molecule has 0 unspecified atom stereocenters. The lowest BCUT2D eigenvalue weighted by atomic mass is 10.3. The molecule has 0 radical (unpaired) electrons. The Hall–Kier alpha value is -2.61. The highest BCUT2D eigenvalue weighted by Crippen LogP contribution is 2.31. The van der Waals surface area contributed by atoms with Crippen LogP contribution in [0.5, 0.6) is 0 Å². The highest BCUT2D eigenvalue weighted by molar-refractivity contribution is 7.18. The van der Waals surface area contributed by atoms with Crippen molar-refractivity contribution in [2.75, 3.05) is 25.0 Å². The first kappa shape index (κ1) is 19.2. The van der Waals surface area contributed by atoms with Gasteiger partial charge in [0.2, 0.25) is 0 Å². The van der Waals surface area contributed by atoms with Crippen LogP contribution in [-0.4, -0.2) is 42.4 Å². The minimum atomic E-state index is -0.363. The zero-order valence-corrected chi connectivity index (χ0v) is 15.9. The Bertz CT molecular complexity index is 795. The molecule has 1 aliphatic carbocycles. The summed E-state index contributed by atoms with van der Waals surface area (Å²) in [6.45, 7) is 3.07. The monoisotopic (exact) mass is 390 g/mol. The molecule has 0 spiro atoms. The van der Waals surface area contributed by atoms with E-state index < -0.39 is 0 Å². The topological polar surface area (TPSA) is 88.9 Å². The van der Waals surface area contributed by atoms with Crippen LogP contribution in [0.15, 0.2) is 34.9 Å². The first-order valence-corrected chi connectivity index (χ1v) is 9.78. The van der Waals surface area contributed by atoms with Gasteiger partial charge >= 0.3 is 5.97 Å². The lowest BCUT2D eigenvalue weighted by Gasteiger charge is -2.21. The number of hydrogen-bond acceptors (Lipinski definition) is 6. The Labute approximate surface area is 161 Å². The minimum absolute atomic E-state index is 0.130. The standard InChI is InChI=1S/C19H22N2O5S/c1-2-25-17(22)9-10-21(12-13-5-6-13)19(24)15-7-8-16(27-15)20-18(23)14-4-3-11-26-14/h3-4,7-8,11,13H,2,5-6,9-10,12H2,1H3,(H,20,23). The summed E-state index contributed by atoms with van der Waals surface area (Å²) in [7, 11) is 0. The van der Waals surface area contributed by atoms with Gasteiger partial charge in [-0.15, -0.1) is 11.3 Å². The number of carbonyl (C=O) groups excluding carboxylic acids is 3. The van der Waals surface area contributed by atoms with Crippen LogP contribution in [0.3, 0.4) is 0 Å². The van der Waals surface area contributed by atoms with Crippen LogP contribution < -0.4 is 5.32 Å². The summed E-state index contributed by atoms with van der Waals surface area (Å²) in [5.41, 5.74) is 0. The van der Waals surface area contributed by atoms with Crippen LogP contribution in [-0.2, 0) is 9.53 Å². The summed E-state index contributed by atoms with van der Waals surface area (Å²) in [6.07, 6.45) is 3.83. The van der Waals surface area contributed by atoms with Crippen LogP contribution in [0.4, 0.5) is 5.00 Å². The molecular formula is C19H22N2O5S. The molecule has 2 amide bonds. The Morgan fingerprint density at radius 2 is 2.11 bits per heavy atom. The molecule has 1 aliphatic rings. The summed E-state index contributed by atoms with van der Waals surface area (Å²) < 4.78 is 10.0. The quantitative estimate of drug-likeness (QED) is 0.663. The Morgan fingerprint density at radius 1 is 1.30 bits per heavy atom. The van der Waals surface area contributed by atoms with Crippen LogP contribution in [0.1, 0.15) is 46.4 Å². The molecule has 0 saturated heterocycles. The molecule has 3 rings (SSSR count). The molecule has 0 bridgehead atoms. The summed E-state index contributed by atoms with van der Waals surface area (Å²) in [4.78, 5) is 38.8. The number of anilines is 1. The van der Waals surface area contributed by atoms with Crippen molar-refractivity contribution in [1.82, 2.24) is 4.90 Å². The van der Waals surface area contributed by atoms with Crippen molar-refractivity contribution in [2.24, 2.45) is 5.92 Å². The van der Waals surface area contributed by atoms with Crippen molar-refractivity contribution in [3.63, 3.8) is 0 Å². The zero-order valence-electron chi connectivity index (χ0n) is 15.1. The molecule has 2 aromatic rings. The molecule has 0 atom stereocenters. The molecule has 1 saturated carbocycles.